The number of nitrogens with zero attached hydrogens (tertiary/aromatic N) is 2. The first-order valence-corrected chi connectivity index (χ1v) is 14.1. The quantitative estimate of drug-likeness (QED) is 0.115. The van der Waals surface area contributed by atoms with Crippen molar-refractivity contribution in [3.05, 3.63) is 75.6 Å². The molecule has 0 aliphatic rings. The van der Waals surface area contributed by atoms with Crippen LogP contribution in [0.1, 0.15) is 30.4 Å². The van der Waals surface area contributed by atoms with E-state index in [9.17, 15) is 10.1 Å². The van der Waals surface area contributed by atoms with Gasteiger partial charge in [0.2, 0.25) is 0 Å². The molecule has 0 spiro atoms. The van der Waals surface area contributed by atoms with Crippen molar-refractivity contribution in [3.63, 3.8) is 0 Å². The number of benzene rings is 1. The van der Waals surface area contributed by atoms with Crippen molar-refractivity contribution in [1.29, 1.82) is 0 Å². The van der Waals surface area contributed by atoms with Gasteiger partial charge in [-0.25, -0.2) is 0 Å². The molecule has 0 bridgehead atoms. The molecule has 0 aliphatic heterocycles. The Morgan fingerprint density at radius 2 is 1.92 bits per heavy atom. The van der Waals surface area contributed by atoms with Crippen molar-refractivity contribution in [3.8, 4) is 5.75 Å². The Balaban J connectivity index is 1.75. The number of hydrogen-bond donors (Lipinski definition) is 2. The van der Waals surface area contributed by atoms with Gasteiger partial charge in [-0.15, -0.1) is 11.8 Å². The number of nitro groups is 1. The highest BCUT2D eigenvalue weighted by Gasteiger charge is 2.12. The molecule has 0 saturated carbocycles. The molecule has 0 saturated heterocycles. The number of thioether (sulfide) groups is 2. The maximum Gasteiger partial charge on any atom is 0.274 e. The third-order valence-corrected chi connectivity index (χ3v) is 7.18. The Morgan fingerprint density at radius 3 is 2.58 bits per heavy atom. The standard InChI is InChI=1S/C25H38N4O5S2/c1-5-25(36-18-20-6-8-21(9-7-20)33-14-13-32-4)27-24(17-29(30)31)26-12-15-35-19-23-11-10-22(34-23)16-28(2)3/h6-11,17,25-27H,5,12-16,18-19H2,1-4H3. The summed E-state index contributed by atoms with van der Waals surface area (Å²) in [7, 11) is 5.66. The van der Waals surface area contributed by atoms with Gasteiger partial charge in [0.25, 0.3) is 6.20 Å². The third-order valence-electron chi connectivity index (χ3n) is 4.85. The summed E-state index contributed by atoms with van der Waals surface area (Å²) in [5.74, 6) is 5.46. The van der Waals surface area contributed by atoms with E-state index in [1.807, 2.05) is 50.5 Å². The van der Waals surface area contributed by atoms with Gasteiger partial charge >= 0.3 is 0 Å². The summed E-state index contributed by atoms with van der Waals surface area (Å²) in [5, 5.41) is 17.6. The summed E-state index contributed by atoms with van der Waals surface area (Å²) in [6.45, 7) is 4.51. The molecule has 1 unspecified atom stereocenters. The smallest absolute Gasteiger partial charge is 0.274 e. The molecule has 36 heavy (non-hydrogen) atoms. The number of rotatable bonds is 19. The lowest BCUT2D eigenvalue weighted by atomic mass is 10.2. The average molecular weight is 539 g/mol. The zero-order valence-corrected chi connectivity index (χ0v) is 23.2. The van der Waals surface area contributed by atoms with Crippen molar-refractivity contribution in [2.45, 2.75) is 36.8 Å². The van der Waals surface area contributed by atoms with Crippen LogP contribution in [0.4, 0.5) is 0 Å². The molecular formula is C25H38N4O5S2. The number of methoxy groups -OCH3 is 1. The molecular weight excluding hydrogens is 500 g/mol. The van der Waals surface area contributed by atoms with Crippen molar-refractivity contribution in [1.82, 2.24) is 15.5 Å². The Bertz CT molecular complexity index is 921. The van der Waals surface area contributed by atoms with E-state index in [0.717, 1.165) is 59.3 Å². The average Bonchev–Trinajstić information content (AvgIpc) is 3.28. The SMILES string of the molecule is CCC(NC(=C[N+](=O)[O-])NCCSCc1ccc(CN(C)C)o1)SCc1ccc(OCCOC)cc1. The van der Waals surface area contributed by atoms with E-state index in [1.165, 1.54) is 0 Å². The van der Waals surface area contributed by atoms with Crippen LogP contribution in [0.2, 0.25) is 0 Å². The highest BCUT2D eigenvalue weighted by Crippen LogP contribution is 2.21. The van der Waals surface area contributed by atoms with Crippen molar-refractivity contribution in [2.24, 2.45) is 0 Å². The molecule has 0 radical (unpaired) electrons. The van der Waals surface area contributed by atoms with Crippen LogP contribution in [0.15, 0.2) is 52.8 Å². The summed E-state index contributed by atoms with van der Waals surface area (Å²) >= 11 is 3.43. The fourth-order valence-corrected chi connectivity index (χ4v) is 4.90. The van der Waals surface area contributed by atoms with E-state index < -0.39 is 4.92 Å². The predicted molar refractivity (Wildman–Crippen MR) is 148 cm³/mol. The molecule has 1 atom stereocenters. The summed E-state index contributed by atoms with van der Waals surface area (Å²) in [6.07, 6.45) is 1.82. The minimum absolute atomic E-state index is 0.0345. The van der Waals surface area contributed by atoms with Gasteiger partial charge in [0, 0.05) is 25.2 Å². The second-order valence-electron chi connectivity index (χ2n) is 8.25. The summed E-state index contributed by atoms with van der Waals surface area (Å²) in [4.78, 5) is 12.8. The fourth-order valence-electron chi connectivity index (χ4n) is 3.12. The molecule has 0 fully saturated rings. The molecule has 1 aromatic heterocycles. The number of hydrogen-bond acceptors (Lipinski definition) is 10. The molecule has 0 aliphatic carbocycles. The molecule has 1 heterocycles. The molecule has 0 amide bonds. The summed E-state index contributed by atoms with van der Waals surface area (Å²) in [5.41, 5.74) is 1.16. The van der Waals surface area contributed by atoms with Crippen LogP contribution in [0, 0.1) is 10.1 Å². The maximum atomic E-state index is 11.1. The van der Waals surface area contributed by atoms with Gasteiger partial charge in [0.15, 0.2) is 5.82 Å². The third kappa shape index (κ3) is 12.6. The van der Waals surface area contributed by atoms with Crippen LogP contribution in [0.25, 0.3) is 0 Å². The fraction of sp³-hybridized carbons (Fsp3) is 0.520. The first kappa shape index (κ1) is 29.9. The van der Waals surface area contributed by atoms with E-state index in [2.05, 4.69) is 22.5 Å². The van der Waals surface area contributed by atoms with Gasteiger partial charge in [-0.3, -0.25) is 10.1 Å². The minimum atomic E-state index is -0.433. The molecule has 9 nitrogen and oxygen atoms in total. The topological polar surface area (TPSA) is 102 Å². The second kappa shape index (κ2) is 17.2. The Labute approximate surface area is 222 Å². The summed E-state index contributed by atoms with van der Waals surface area (Å²) < 4.78 is 16.4. The van der Waals surface area contributed by atoms with Crippen LogP contribution in [0.3, 0.4) is 0 Å². The zero-order chi connectivity index (χ0) is 26.2. The largest absolute Gasteiger partial charge is 0.491 e. The second-order valence-corrected chi connectivity index (χ2v) is 10.5. The zero-order valence-electron chi connectivity index (χ0n) is 21.5. The lowest BCUT2D eigenvalue weighted by Crippen LogP contribution is -2.34. The van der Waals surface area contributed by atoms with Gasteiger partial charge in [-0.05, 0) is 50.3 Å². The highest BCUT2D eigenvalue weighted by molar-refractivity contribution is 7.99. The van der Waals surface area contributed by atoms with Crippen LogP contribution in [-0.4, -0.2) is 61.9 Å². The van der Waals surface area contributed by atoms with Gasteiger partial charge in [0.1, 0.15) is 23.9 Å². The van der Waals surface area contributed by atoms with Crippen molar-refractivity contribution in [2.75, 3.05) is 46.7 Å². The maximum absolute atomic E-state index is 11.1. The van der Waals surface area contributed by atoms with Gasteiger partial charge < -0.3 is 29.4 Å². The van der Waals surface area contributed by atoms with E-state index in [1.54, 1.807) is 30.6 Å². The first-order chi connectivity index (χ1) is 17.4. The van der Waals surface area contributed by atoms with E-state index in [4.69, 9.17) is 13.9 Å². The molecule has 1 aromatic carbocycles. The van der Waals surface area contributed by atoms with E-state index in [-0.39, 0.29) is 5.37 Å². The van der Waals surface area contributed by atoms with E-state index in [0.29, 0.717) is 25.6 Å². The molecule has 2 N–H and O–H groups in total. The van der Waals surface area contributed by atoms with Crippen LogP contribution < -0.4 is 15.4 Å². The van der Waals surface area contributed by atoms with Crippen LogP contribution in [0.5, 0.6) is 5.75 Å². The first-order valence-electron chi connectivity index (χ1n) is 11.9. The summed E-state index contributed by atoms with van der Waals surface area (Å²) in [6, 6.07) is 12.0. The monoisotopic (exact) mass is 538 g/mol. The lowest BCUT2D eigenvalue weighted by molar-refractivity contribution is -0.404. The van der Waals surface area contributed by atoms with Gasteiger partial charge in [0.05, 0.1) is 29.2 Å². The Hall–Kier alpha value is -2.34. The number of ether oxygens (including phenoxy) is 2. The van der Waals surface area contributed by atoms with Gasteiger partial charge in [-0.1, -0.05) is 19.1 Å². The highest BCUT2D eigenvalue weighted by atomic mass is 32.2. The molecule has 2 aromatic rings. The van der Waals surface area contributed by atoms with Crippen LogP contribution >= 0.6 is 23.5 Å². The molecule has 11 heteroatoms. The normalized spacial score (nSPS) is 12.5. The Kier molecular flexibility index (Phi) is 14.3. The number of furan rings is 1. The Morgan fingerprint density at radius 1 is 1.17 bits per heavy atom. The van der Waals surface area contributed by atoms with E-state index >= 15 is 0 Å². The van der Waals surface area contributed by atoms with Crippen molar-refractivity contribution >= 4 is 23.5 Å². The molecule has 2 rings (SSSR count). The number of nitrogens with one attached hydrogen (secondary N) is 2. The minimum Gasteiger partial charge on any atom is -0.491 e. The molecule has 200 valence electrons. The van der Waals surface area contributed by atoms with Crippen LogP contribution in [-0.2, 0) is 22.8 Å². The predicted octanol–water partition coefficient (Wildman–Crippen LogP) is 4.52. The van der Waals surface area contributed by atoms with Gasteiger partial charge in [-0.2, -0.15) is 11.8 Å². The van der Waals surface area contributed by atoms with Crippen molar-refractivity contribution < 1.29 is 18.8 Å². The lowest BCUT2D eigenvalue weighted by Gasteiger charge is -2.20.